The second-order valence-electron chi connectivity index (χ2n) is 5.00. The number of rotatable bonds is 5. The summed E-state index contributed by atoms with van der Waals surface area (Å²) in [6.07, 6.45) is 4.04. The van der Waals surface area contributed by atoms with Crippen molar-refractivity contribution in [3.05, 3.63) is 35.4 Å². The van der Waals surface area contributed by atoms with E-state index in [0.29, 0.717) is 0 Å². The van der Waals surface area contributed by atoms with Crippen molar-refractivity contribution in [3.63, 3.8) is 0 Å². The molecular formula is C15H19F2NO2. The maximum Gasteiger partial charge on any atom is 0.327 e. The van der Waals surface area contributed by atoms with Crippen LogP contribution in [-0.4, -0.2) is 18.6 Å². The molecule has 0 spiro atoms. The number of esters is 1. The van der Waals surface area contributed by atoms with Crippen molar-refractivity contribution in [1.29, 1.82) is 0 Å². The molecular weight excluding hydrogens is 264 g/mol. The van der Waals surface area contributed by atoms with E-state index in [2.05, 4.69) is 5.32 Å². The summed E-state index contributed by atoms with van der Waals surface area (Å²) in [7, 11) is 0. The molecule has 0 bridgehead atoms. The first-order valence-corrected chi connectivity index (χ1v) is 6.99. The maximum absolute atomic E-state index is 13.9. The molecule has 0 aliphatic heterocycles. The second kappa shape index (κ2) is 6.79. The smallest absolute Gasteiger partial charge is 0.327 e. The summed E-state index contributed by atoms with van der Waals surface area (Å²) in [6.45, 7) is 1.89. The minimum atomic E-state index is -0.950. The Labute approximate surface area is 117 Å². The molecule has 1 saturated carbocycles. The van der Waals surface area contributed by atoms with Crippen LogP contribution in [0.3, 0.4) is 0 Å². The molecule has 1 aliphatic carbocycles. The van der Waals surface area contributed by atoms with Crippen LogP contribution >= 0.6 is 0 Å². The van der Waals surface area contributed by atoms with Gasteiger partial charge in [-0.2, -0.15) is 0 Å². The first kappa shape index (κ1) is 14.9. The molecule has 110 valence electrons. The van der Waals surface area contributed by atoms with E-state index in [-0.39, 0.29) is 18.2 Å². The Hall–Kier alpha value is -1.49. The number of carbonyl (C=O) groups excluding carboxylic acids is 1. The van der Waals surface area contributed by atoms with Crippen molar-refractivity contribution in [3.8, 4) is 0 Å². The van der Waals surface area contributed by atoms with Gasteiger partial charge >= 0.3 is 5.97 Å². The van der Waals surface area contributed by atoms with E-state index >= 15 is 0 Å². The van der Waals surface area contributed by atoms with E-state index in [1.807, 2.05) is 0 Å². The summed E-state index contributed by atoms with van der Waals surface area (Å²) in [5.41, 5.74) is 0.00958. The SMILES string of the molecule is CCOC(=O)C(NC1CCCC1)c1cc(F)ccc1F. The quantitative estimate of drug-likeness (QED) is 0.844. The third kappa shape index (κ3) is 3.54. The van der Waals surface area contributed by atoms with Crippen LogP contribution in [0.15, 0.2) is 18.2 Å². The van der Waals surface area contributed by atoms with Crippen LogP contribution in [0.1, 0.15) is 44.2 Å². The highest BCUT2D eigenvalue weighted by Gasteiger charge is 2.29. The molecule has 0 heterocycles. The number of hydrogen-bond donors (Lipinski definition) is 1. The molecule has 3 nitrogen and oxygen atoms in total. The van der Waals surface area contributed by atoms with Gasteiger partial charge in [-0.3, -0.25) is 5.32 Å². The summed E-state index contributed by atoms with van der Waals surface area (Å²) in [5, 5.41) is 3.10. The van der Waals surface area contributed by atoms with Gasteiger partial charge in [0.05, 0.1) is 6.61 Å². The summed E-state index contributed by atoms with van der Waals surface area (Å²) >= 11 is 0. The highest BCUT2D eigenvalue weighted by molar-refractivity contribution is 5.77. The molecule has 1 aromatic carbocycles. The van der Waals surface area contributed by atoms with Crippen LogP contribution in [-0.2, 0) is 9.53 Å². The number of ether oxygens (including phenoxy) is 1. The lowest BCUT2D eigenvalue weighted by atomic mass is 10.0. The van der Waals surface area contributed by atoms with Crippen LogP contribution in [0.5, 0.6) is 0 Å². The van der Waals surface area contributed by atoms with Gasteiger partial charge in [0, 0.05) is 11.6 Å². The largest absolute Gasteiger partial charge is 0.465 e. The molecule has 1 N–H and O–H groups in total. The molecule has 0 amide bonds. The lowest BCUT2D eigenvalue weighted by Gasteiger charge is -2.22. The molecule has 5 heteroatoms. The first-order chi connectivity index (χ1) is 9.61. The Morgan fingerprint density at radius 2 is 2.10 bits per heavy atom. The zero-order chi connectivity index (χ0) is 14.5. The molecule has 1 aromatic rings. The van der Waals surface area contributed by atoms with Crippen LogP contribution in [0.4, 0.5) is 8.78 Å². The van der Waals surface area contributed by atoms with Crippen LogP contribution < -0.4 is 5.32 Å². The number of carbonyl (C=O) groups is 1. The van der Waals surface area contributed by atoms with Crippen molar-refractivity contribution >= 4 is 5.97 Å². The van der Waals surface area contributed by atoms with E-state index in [4.69, 9.17) is 4.74 Å². The fraction of sp³-hybridized carbons (Fsp3) is 0.533. The molecule has 1 fully saturated rings. The van der Waals surface area contributed by atoms with Gasteiger partial charge in [0.15, 0.2) is 0 Å². The van der Waals surface area contributed by atoms with Crippen LogP contribution in [0, 0.1) is 11.6 Å². The fourth-order valence-electron chi connectivity index (χ4n) is 2.57. The third-order valence-corrected chi connectivity index (χ3v) is 3.55. The van der Waals surface area contributed by atoms with Gasteiger partial charge in [-0.25, -0.2) is 13.6 Å². The summed E-state index contributed by atoms with van der Waals surface area (Å²) in [5.74, 6) is -1.73. The molecule has 2 rings (SSSR count). The van der Waals surface area contributed by atoms with Gasteiger partial charge in [0.1, 0.15) is 17.7 Å². The van der Waals surface area contributed by atoms with Crippen molar-refractivity contribution < 1.29 is 18.3 Å². The van der Waals surface area contributed by atoms with E-state index in [1.54, 1.807) is 6.92 Å². The van der Waals surface area contributed by atoms with Crippen molar-refractivity contribution in [2.24, 2.45) is 0 Å². The topological polar surface area (TPSA) is 38.3 Å². The summed E-state index contributed by atoms with van der Waals surface area (Å²) < 4.78 is 32.2. The van der Waals surface area contributed by atoms with Gasteiger partial charge in [-0.05, 0) is 38.0 Å². The summed E-state index contributed by atoms with van der Waals surface area (Å²) in [4.78, 5) is 12.0. The maximum atomic E-state index is 13.9. The molecule has 1 unspecified atom stereocenters. The highest BCUT2D eigenvalue weighted by atomic mass is 19.1. The van der Waals surface area contributed by atoms with Crippen molar-refractivity contribution in [2.45, 2.75) is 44.7 Å². The third-order valence-electron chi connectivity index (χ3n) is 3.55. The minimum Gasteiger partial charge on any atom is -0.465 e. The average Bonchev–Trinajstić information content (AvgIpc) is 2.92. The monoisotopic (exact) mass is 283 g/mol. The minimum absolute atomic E-state index is 0.00958. The molecule has 20 heavy (non-hydrogen) atoms. The Morgan fingerprint density at radius 1 is 1.40 bits per heavy atom. The predicted molar refractivity (Wildman–Crippen MR) is 71.1 cm³/mol. The van der Waals surface area contributed by atoms with Gasteiger partial charge in [-0.15, -0.1) is 0 Å². The van der Waals surface area contributed by atoms with Gasteiger partial charge in [0.2, 0.25) is 0 Å². The lowest BCUT2D eigenvalue weighted by Crippen LogP contribution is -2.37. The normalized spacial score (nSPS) is 17.1. The molecule has 0 radical (unpaired) electrons. The zero-order valence-electron chi connectivity index (χ0n) is 11.5. The van der Waals surface area contributed by atoms with Gasteiger partial charge in [0.25, 0.3) is 0 Å². The van der Waals surface area contributed by atoms with Gasteiger partial charge in [-0.1, -0.05) is 12.8 Å². The zero-order valence-corrected chi connectivity index (χ0v) is 11.5. The lowest BCUT2D eigenvalue weighted by molar-refractivity contribution is -0.146. The second-order valence-corrected chi connectivity index (χ2v) is 5.00. The van der Waals surface area contributed by atoms with Crippen molar-refractivity contribution in [1.82, 2.24) is 5.32 Å². The van der Waals surface area contributed by atoms with Gasteiger partial charge < -0.3 is 4.74 Å². The van der Waals surface area contributed by atoms with Crippen LogP contribution in [0.2, 0.25) is 0 Å². The van der Waals surface area contributed by atoms with E-state index in [1.165, 1.54) is 0 Å². The molecule has 1 atom stereocenters. The van der Waals surface area contributed by atoms with Crippen molar-refractivity contribution in [2.75, 3.05) is 6.61 Å². The van der Waals surface area contributed by atoms with E-state index in [9.17, 15) is 13.6 Å². The Morgan fingerprint density at radius 3 is 2.75 bits per heavy atom. The number of nitrogens with one attached hydrogen (secondary N) is 1. The molecule has 0 aromatic heterocycles. The Kier molecular flexibility index (Phi) is 5.06. The predicted octanol–water partition coefficient (Wildman–Crippen LogP) is 3.10. The Bertz CT molecular complexity index is 473. The molecule has 1 aliphatic rings. The van der Waals surface area contributed by atoms with E-state index < -0.39 is 23.6 Å². The van der Waals surface area contributed by atoms with E-state index in [0.717, 1.165) is 43.9 Å². The number of hydrogen-bond acceptors (Lipinski definition) is 3. The number of halogens is 2. The Balaban J connectivity index is 2.24. The summed E-state index contributed by atoms with van der Waals surface area (Å²) in [6, 6.07) is 2.32. The number of benzene rings is 1. The fourth-order valence-corrected chi connectivity index (χ4v) is 2.57. The highest BCUT2D eigenvalue weighted by Crippen LogP contribution is 2.25. The molecule has 0 saturated heterocycles. The van der Waals surface area contributed by atoms with Crippen LogP contribution in [0.25, 0.3) is 0 Å². The average molecular weight is 283 g/mol. The first-order valence-electron chi connectivity index (χ1n) is 6.99. The standard InChI is InChI=1S/C15H19F2NO2/c1-2-20-15(19)14(18-11-5-3-4-6-11)12-9-10(16)7-8-13(12)17/h7-9,11,14,18H,2-6H2,1H3.